The molecule has 1 aromatic heterocycles. The quantitative estimate of drug-likeness (QED) is 0.522. The van der Waals surface area contributed by atoms with E-state index in [9.17, 15) is 9.18 Å². The maximum absolute atomic E-state index is 13.6. The van der Waals surface area contributed by atoms with Gasteiger partial charge in [0.15, 0.2) is 0 Å². The Labute approximate surface area is 154 Å². The Bertz CT molecular complexity index is 930. The number of hydrogen-bond donors (Lipinski definition) is 2. The van der Waals surface area contributed by atoms with Gasteiger partial charge in [0, 0.05) is 11.1 Å². The number of hydrogen-bond acceptors (Lipinski definition) is 3. The molecule has 3 aromatic rings. The molecule has 7 heteroatoms. The highest BCUT2D eigenvalue weighted by Crippen LogP contribution is 2.19. The highest BCUT2D eigenvalue weighted by Gasteiger charge is 2.11. The fourth-order valence-electron chi connectivity index (χ4n) is 2.35. The van der Waals surface area contributed by atoms with Crippen molar-refractivity contribution >= 4 is 23.7 Å². The zero-order valence-electron chi connectivity index (χ0n) is 14.0. The van der Waals surface area contributed by atoms with Gasteiger partial charge < -0.3 is 0 Å². The van der Waals surface area contributed by atoms with Gasteiger partial charge in [-0.3, -0.25) is 9.89 Å². The number of nitrogens with zero attached hydrogens (tertiary/aromatic N) is 2. The third-order valence-electron chi connectivity index (χ3n) is 3.84. The van der Waals surface area contributed by atoms with Crippen molar-refractivity contribution in [3.05, 3.63) is 76.2 Å². The molecular formula is C19H16ClFN4O. The van der Waals surface area contributed by atoms with Gasteiger partial charge >= 0.3 is 0 Å². The standard InChI is InChI=1S/C19H16ClFN4O/c1-2-12-6-8-13(9-7-12)17-10-18(24-23-17)19(26)25-22-11-14-15(20)4-3-5-16(14)21/h3-11H,2H2,1H3,(H,23,24)(H,25,26)/b22-11-. The molecule has 26 heavy (non-hydrogen) atoms. The number of amides is 1. The Balaban J connectivity index is 1.69. The zero-order chi connectivity index (χ0) is 18.5. The second-order valence-corrected chi connectivity index (χ2v) is 5.96. The number of hydrazone groups is 1. The number of aromatic nitrogens is 2. The molecule has 1 amide bonds. The van der Waals surface area contributed by atoms with Crippen molar-refractivity contribution in [1.29, 1.82) is 0 Å². The second kappa shape index (κ2) is 7.93. The number of H-pyrrole nitrogens is 1. The molecule has 5 nitrogen and oxygen atoms in total. The third-order valence-corrected chi connectivity index (χ3v) is 4.17. The van der Waals surface area contributed by atoms with E-state index in [1.54, 1.807) is 12.1 Å². The minimum atomic E-state index is -0.519. The summed E-state index contributed by atoms with van der Waals surface area (Å²) in [6.45, 7) is 2.08. The number of carbonyl (C=O) groups excluding carboxylic acids is 1. The molecule has 0 saturated heterocycles. The van der Waals surface area contributed by atoms with E-state index in [2.05, 4.69) is 27.6 Å². The van der Waals surface area contributed by atoms with E-state index < -0.39 is 11.7 Å². The van der Waals surface area contributed by atoms with Crippen LogP contribution < -0.4 is 5.43 Å². The number of rotatable bonds is 5. The number of aromatic amines is 1. The predicted molar refractivity (Wildman–Crippen MR) is 99.9 cm³/mol. The molecule has 0 bridgehead atoms. The van der Waals surface area contributed by atoms with Crippen LogP contribution in [0.2, 0.25) is 5.02 Å². The van der Waals surface area contributed by atoms with E-state index in [1.807, 2.05) is 24.3 Å². The van der Waals surface area contributed by atoms with Crippen molar-refractivity contribution in [2.45, 2.75) is 13.3 Å². The van der Waals surface area contributed by atoms with Gasteiger partial charge in [-0.2, -0.15) is 10.2 Å². The number of nitrogens with one attached hydrogen (secondary N) is 2. The van der Waals surface area contributed by atoms with E-state index >= 15 is 0 Å². The summed E-state index contributed by atoms with van der Waals surface area (Å²) in [6.07, 6.45) is 2.12. The van der Waals surface area contributed by atoms with Crippen molar-refractivity contribution in [1.82, 2.24) is 15.6 Å². The van der Waals surface area contributed by atoms with Gasteiger partial charge in [-0.1, -0.05) is 48.9 Å². The van der Waals surface area contributed by atoms with Crippen molar-refractivity contribution < 1.29 is 9.18 Å². The second-order valence-electron chi connectivity index (χ2n) is 5.55. The predicted octanol–water partition coefficient (Wildman–Crippen LogP) is 4.20. The molecule has 2 aromatic carbocycles. The first kappa shape index (κ1) is 17.8. The van der Waals surface area contributed by atoms with Gasteiger partial charge in [0.25, 0.3) is 5.91 Å². The van der Waals surface area contributed by atoms with Crippen LogP contribution in [0.25, 0.3) is 11.3 Å². The molecule has 0 spiro atoms. The lowest BCUT2D eigenvalue weighted by Gasteiger charge is -2.00. The lowest BCUT2D eigenvalue weighted by molar-refractivity contribution is 0.0950. The smallest absolute Gasteiger partial charge is 0.272 e. The third kappa shape index (κ3) is 3.97. The summed E-state index contributed by atoms with van der Waals surface area (Å²) < 4.78 is 13.6. The Morgan fingerprint density at radius 2 is 2.08 bits per heavy atom. The summed E-state index contributed by atoms with van der Waals surface area (Å²) >= 11 is 5.89. The number of carbonyl (C=O) groups is 1. The molecule has 2 N–H and O–H groups in total. The maximum Gasteiger partial charge on any atom is 0.289 e. The minimum absolute atomic E-state index is 0.107. The van der Waals surface area contributed by atoms with Crippen LogP contribution in [0.1, 0.15) is 28.5 Å². The molecule has 0 unspecified atom stereocenters. The molecular weight excluding hydrogens is 355 g/mol. The fourth-order valence-corrected chi connectivity index (χ4v) is 2.56. The van der Waals surface area contributed by atoms with Crippen molar-refractivity contribution in [3.63, 3.8) is 0 Å². The number of halogens is 2. The molecule has 0 atom stereocenters. The fraction of sp³-hybridized carbons (Fsp3) is 0.105. The summed E-state index contributed by atoms with van der Waals surface area (Å²) in [7, 11) is 0. The summed E-state index contributed by atoms with van der Waals surface area (Å²) in [5.74, 6) is -1.01. The largest absolute Gasteiger partial charge is 0.289 e. The topological polar surface area (TPSA) is 70.1 Å². The summed E-state index contributed by atoms with van der Waals surface area (Å²) in [5, 5.41) is 10.8. The molecule has 0 saturated carbocycles. The van der Waals surface area contributed by atoms with Gasteiger partial charge in [-0.05, 0) is 30.2 Å². The summed E-state index contributed by atoms with van der Waals surface area (Å²) in [6, 6.07) is 13.9. The Morgan fingerprint density at radius 3 is 2.77 bits per heavy atom. The lowest BCUT2D eigenvalue weighted by atomic mass is 10.1. The van der Waals surface area contributed by atoms with Gasteiger partial charge in [0.2, 0.25) is 0 Å². The Kier molecular flexibility index (Phi) is 5.43. The zero-order valence-corrected chi connectivity index (χ0v) is 14.7. The van der Waals surface area contributed by atoms with Crippen molar-refractivity contribution in [3.8, 4) is 11.3 Å². The first-order valence-electron chi connectivity index (χ1n) is 8.00. The summed E-state index contributed by atoms with van der Waals surface area (Å²) in [5.41, 5.74) is 5.45. The first-order chi connectivity index (χ1) is 12.6. The summed E-state index contributed by atoms with van der Waals surface area (Å²) in [4.78, 5) is 12.1. The first-order valence-corrected chi connectivity index (χ1v) is 8.38. The molecule has 0 radical (unpaired) electrons. The minimum Gasteiger partial charge on any atom is -0.272 e. The molecule has 1 heterocycles. The average molecular weight is 371 g/mol. The Hall–Kier alpha value is -2.99. The van der Waals surface area contributed by atoms with E-state index in [4.69, 9.17) is 11.6 Å². The van der Waals surface area contributed by atoms with Crippen LogP contribution in [0.3, 0.4) is 0 Å². The van der Waals surface area contributed by atoms with E-state index in [1.165, 1.54) is 17.7 Å². The SMILES string of the molecule is CCc1ccc(-c2cc(C(=O)N/N=C\c3c(F)cccc3Cl)[nH]n2)cc1. The molecule has 0 aliphatic rings. The lowest BCUT2D eigenvalue weighted by Crippen LogP contribution is -2.18. The van der Waals surface area contributed by atoms with Crippen LogP contribution in [-0.4, -0.2) is 22.3 Å². The molecule has 0 aliphatic carbocycles. The van der Waals surface area contributed by atoms with Gasteiger partial charge in [0.1, 0.15) is 11.5 Å². The van der Waals surface area contributed by atoms with Crippen molar-refractivity contribution in [2.75, 3.05) is 0 Å². The number of benzene rings is 2. The van der Waals surface area contributed by atoms with Gasteiger partial charge in [0.05, 0.1) is 16.9 Å². The van der Waals surface area contributed by atoms with Crippen LogP contribution >= 0.6 is 11.6 Å². The normalized spacial score (nSPS) is 11.0. The monoisotopic (exact) mass is 370 g/mol. The Morgan fingerprint density at radius 1 is 1.31 bits per heavy atom. The molecule has 132 valence electrons. The van der Waals surface area contributed by atoms with Crippen LogP contribution in [0, 0.1) is 5.82 Å². The van der Waals surface area contributed by atoms with Crippen LogP contribution in [-0.2, 0) is 6.42 Å². The van der Waals surface area contributed by atoms with Crippen LogP contribution in [0.5, 0.6) is 0 Å². The number of aryl methyl sites for hydroxylation is 1. The van der Waals surface area contributed by atoms with Gasteiger partial charge in [-0.25, -0.2) is 9.82 Å². The average Bonchev–Trinajstić information content (AvgIpc) is 3.14. The van der Waals surface area contributed by atoms with Crippen LogP contribution in [0.4, 0.5) is 4.39 Å². The maximum atomic E-state index is 13.6. The van der Waals surface area contributed by atoms with Gasteiger partial charge in [-0.15, -0.1) is 0 Å². The highest BCUT2D eigenvalue weighted by atomic mass is 35.5. The molecule has 3 rings (SSSR count). The van der Waals surface area contributed by atoms with E-state index in [-0.39, 0.29) is 16.3 Å². The van der Waals surface area contributed by atoms with E-state index in [0.717, 1.165) is 18.2 Å². The van der Waals surface area contributed by atoms with Crippen molar-refractivity contribution in [2.24, 2.45) is 5.10 Å². The highest BCUT2D eigenvalue weighted by molar-refractivity contribution is 6.33. The molecule has 0 aliphatic heterocycles. The van der Waals surface area contributed by atoms with E-state index in [0.29, 0.717) is 5.69 Å². The molecule has 0 fully saturated rings. The van der Waals surface area contributed by atoms with Crippen LogP contribution in [0.15, 0.2) is 53.6 Å².